The van der Waals surface area contributed by atoms with Crippen molar-refractivity contribution in [3.05, 3.63) is 62.9 Å². The van der Waals surface area contributed by atoms with Gasteiger partial charge < -0.3 is 20.6 Å². The standard InChI is InChI=1S/C17H15N5O4/c1-22(2)17(26)10-4-3-5-11(14(10)23)21-13-12(15(24)16(13)25)20-9-6-18-8-19-7-9/h3-8,20-21,23H,1-2H3. The number of nitrogens with zero attached hydrogens (tertiary/aromatic N) is 3. The van der Waals surface area contributed by atoms with Crippen molar-refractivity contribution >= 4 is 28.7 Å². The van der Waals surface area contributed by atoms with Crippen molar-refractivity contribution in [1.29, 1.82) is 0 Å². The highest BCUT2D eigenvalue weighted by molar-refractivity contribution is 5.99. The summed E-state index contributed by atoms with van der Waals surface area (Å²) in [5.74, 6) is -0.704. The summed E-state index contributed by atoms with van der Waals surface area (Å²) in [6, 6.07) is 4.52. The van der Waals surface area contributed by atoms with Crippen molar-refractivity contribution in [2.75, 3.05) is 24.7 Å². The van der Waals surface area contributed by atoms with Crippen molar-refractivity contribution in [3.63, 3.8) is 0 Å². The lowest BCUT2D eigenvalue weighted by Gasteiger charge is -2.17. The highest BCUT2D eigenvalue weighted by Crippen LogP contribution is 2.32. The second-order valence-electron chi connectivity index (χ2n) is 5.69. The molecule has 0 aliphatic heterocycles. The Morgan fingerprint density at radius 3 is 2.27 bits per heavy atom. The van der Waals surface area contributed by atoms with Crippen molar-refractivity contribution < 1.29 is 9.90 Å². The number of rotatable bonds is 5. The van der Waals surface area contributed by atoms with Crippen molar-refractivity contribution in [2.45, 2.75) is 0 Å². The van der Waals surface area contributed by atoms with Crippen LogP contribution in [0.2, 0.25) is 0 Å². The molecule has 0 aliphatic rings. The van der Waals surface area contributed by atoms with Crippen LogP contribution in [0, 0.1) is 0 Å². The molecule has 0 atom stereocenters. The van der Waals surface area contributed by atoms with E-state index in [0.29, 0.717) is 5.69 Å². The van der Waals surface area contributed by atoms with Crippen LogP contribution in [0.4, 0.5) is 22.7 Å². The molecule has 26 heavy (non-hydrogen) atoms. The van der Waals surface area contributed by atoms with Crippen molar-refractivity contribution in [1.82, 2.24) is 14.9 Å². The molecule has 1 aromatic heterocycles. The molecule has 0 bridgehead atoms. The van der Waals surface area contributed by atoms with Crippen LogP contribution in [0.25, 0.3) is 0 Å². The quantitative estimate of drug-likeness (QED) is 0.458. The van der Waals surface area contributed by atoms with E-state index in [4.69, 9.17) is 0 Å². The number of hydrogen-bond donors (Lipinski definition) is 3. The van der Waals surface area contributed by atoms with E-state index in [1.54, 1.807) is 20.2 Å². The number of carbonyl (C=O) groups excluding carboxylic acids is 1. The van der Waals surface area contributed by atoms with E-state index in [1.807, 2.05) is 0 Å². The highest BCUT2D eigenvalue weighted by atomic mass is 16.3. The number of hydrogen-bond acceptors (Lipinski definition) is 8. The Labute approximate surface area is 147 Å². The van der Waals surface area contributed by atoms with E-state index in [0.717, 1.165) is 0 Å². The van der Waals surface area contributed by atoms with E-state index < -0.39 is 16.8 Å². The summed E-state index contributed by atoms with van der Waals surface area (Å²) in [6.45, 7) is 0. The Bertz CT molecular complexity index is 1040. The van der Waals surface area contributed by atoms with Gasteiger partial charge in [0.1, 0.15) is 17.7 Å². The summed E-state index contributed by atoms with van der Waals surface area (Å²) in [7, 11) is 3.12. The maximum absolute atomic E-state index is 12.1. The number of benzene rings is 1. The first-order chi connectivity index (χ1) is 12.4. The van der Waals surface area contributed by atoms with Crippen molar-refractivity contribution in [2.24, 2.45) is 0 Å². The average molecular weight is 353 g/mol. The molecule has 3 aromatic rings. The van der Waals surface area contributed by atoms with E-state index in [2.05, 4.69) is 20.6 Å². The molecule has 2 aromatic carbocycles. The lowest BCUT2D eigenvalue weighted by Crippen LogP contribution is -2.35. The van der Waals surface area contributed by atoms with Gasteiger partial charge in [0, 0.05) is 14.1 Å². The fourth-order valence-electron chi connectivity index (χ4n) is 2.33. The summed E-state index contributed by atoms with van der Waals surface area (Å²) in [5, 5.41) is 15.8. The molecule has 3 rings (SSSR count). The van der Waals surface area contributed by atoms with Crippen LogP contribution in [0.5, 0.6) is 5.75 Å². The highest BCUT2D eigenvalue weighted by Gasteiger charge is 2.23. The topological polar surface area (TPSA) is 125 Å². The van der Waals surface area contributed by atoms with Gasteiger partial charge in [-0.25, -0.2) is 9.97 Å². The van der Waals surface area contributed by atoms with E-state index in [-0.39, 0.29) is 28.4 Å². The first kappa shape index (κ1) is 17.1. The van der Waals surface area contributed by atoms with Gasteiger partial charge in [0.2, 0.25) is 0 Å². The minimum Gasteiger partial charge on any atom is -0.505 e. The second kappa shape index (κ2) is 6.63. The third-order valence-electron chi connectivity index (χ3n) is 3.67. The maximum Gasteiger partial charge on any atom is 0.257 e. The Hall–Kier alpha value is -3.75. The Balaban J connectivity index is 1.93. The summed E-state index contributed by atoms with van der Waals surface area (Å²) < 4.78 is 0. The maximum atomic E-state index is 12.1. The van der Waals surface area contributed by atoms with Gasteiger partial charge in [-0.1, -0.05) is 6.07 Å². The Morgan fingerprint density at radius 1 is 1.04 bits per heavy atom. The van der Waals surface area contributed by atoms with Crippen LogP contribution in [0.1, 0.15) is 10.4 Å². The Kier molecular flexibility index (Phi) is 4.36. The minimum atomic E-state index is -0.729. The van der Waals surface area contributed by atoms with Crippen LogP contribution in [-0.4, -0.2) is 40.0 Å². The van der Waals surface area contributed by atoms with Crippen LogP contribution in [-0.2, 0) is 0 Å². The monoisotopic (exact) mass is 353 g/mol. The second-order valence-corrected chi connectivity index (χ2v) is 5.69. The zero-order valence-electron chi connectivity index (χ0n) is 14.0. The molecule has 0 unspecified atom stereocenters. The molecule has 9 nitrogen and oxygen atoms in total. The van der Waals surface area contributed by atoms with Gasteiger partial charge in [-0.3, -0.25) is 14.4 Å². The van der Waals surface area contributed by atoms with Crippen LogP contribution >= 0.6 is 0 Å². The number of carbonyl (C=O) groups is 1. The number of phenols is 1. The van der Waals surface area contributed by atoms with E-state index in [1.165, 1.54) is 35.8 Å². The molecular formula is C17H15N5O4. The van der Waals surface area contributed by atoms with Crippen LogP contribution in [0.15, 0.2) is 46.5 Å². The molecule has 1 heterocycles. The number of aromatic hydroxyl groups is 1. The molecule has 0 radical (unpaired) electrons. The summed E-state index contributed by atoms with van der Waals surface area (Å²) in [5.41, 5.74) is -0.758. The smallest absolute Gasteiger partial charge is 0.257 e. The summed E-state index contributed by atoms with van der Waals surface area (Å²) in [6.07, 6.45) is 4.22. The summed E-state index contributed by atoms with van der Waals surface area (Å²) >= 11 is 0. The largest absolute Gasteiger partial charge is 0.505 e. The number of nitrogens with one attached hydrogen (secondary N) is 2. The predicted molar refractivity (Wildman–Crippen MR) is 96.1 cm³/mol. The molecule has 0 fully saturated rings. The van der Waals surface area contributed by atoms with E-state index >= 15 is 0 Å². The van der Waals surface area contributed by atoms with Gasteiger partial charge in [-0.15, -0.1) is 0 Å². The molecule has 0 saturated carbocycles. The van der Waals surface area contributed by atoms with Gasteiger partial charge in [-0.2, -0.15) is 0 Å². The van der Waals surface area contributed by atoms with Crippen molar-refractivity contribution in [3.8, 4) is 5.75 Å². The molecule has 3 N–H and O–H groups in total. The lowest BCUT2D eigenvalue weighted by molar-refractivity contribution is 0.0824. The molecule has 1 amide bonds. The first-order valence-corrected chi connectivity index (χ1v) is 7.56. The summed E-state index contributed by atoms with van der Waals surface area (Å²) in [4.78, 5) is 44.8. The fourth-order valence-corrected chi connectivity index (χ4v) is 2.33. The zero-order valence-corrected chi connectivity index (χ0v) is 14.0. The van der Waals surface area contributed by atoms with Gasteiger partial charge >= 0.3 is 0 Å². The van der Waals surface area contributed by atoms with Crippen LogP contribution < -0.4 is 21.5 Å². The molecule has 9 heteroatoms. The van der Waals surface area contributed by atoms with E-state index in [9.17, 15) is 19.5 Å². The number of anilines is 4. The molecular weight excluding hydrogens is 338 g/mol. The zero-order chi connectivity index (χ0) is 18.8. The normalized spacial score (nSPS) is 10.5. The average Bonchev–Trinajstić information content (AvgIpc) is 2.65. The van der Waals surface area contributed by atoms with Crippen LogP contribution in [0.3, 0.4) is 0 Å². The molecule has 0 saturated heterocycles. The number of phenolic OH excluding ortho intramolecular Hbond substituents is 1. The number of amides is 1. The molecule has 132 valence electrons. The van der Waals surface area contributed by atoms with Gasteiger partial charge in [0.25, 0.3) is 16.8 Å². The predicted octanol–water partition coefficient (Wildman–Crippen LogP) is 0.967. The molecule has 0 aliphatic carbocycles. The Morgan fingerprint density at radius 2 is 1.65 bits per heavy atom. The van der Waals surface area contributed by atoms with Gasteiger partial charge in [0.15, 0.2) is 5.75 Å². The third kappa shape index (κ3) is 2.97. The van der Waals surface area contributed by atoms with Gasteiger partial charge in [0.05, 0.1) is 29.3 Å². The lowest BCUT2D eigenvalue weighted by atomic mass is 10.1. The SMILES string of the molecule is CN(C)C(=O)c1cccc(Nc2c(Nc3cncnc3)c(=O)c2=O)c1O. The number of aromatic nitrogens is 2. The molecule has 0 spiro atoms. The minimum absolute atomic E-state index is 0.0106. The fraction of sp³-hybridized carbons (Fsp3) is 0.118. The number of para-hydroxylation sites is 1. The third-order valence-corrected chi connectivity index (χ3v) is 3.67. The first-order valence-electron chi connectivity index (χ1n) is 7.56. The van der Waals surface area contributed by atoms with Gasteiger partial charge in [-0.05, 0) is 12.1 Å².